The van der Waals surface area contributed by atoms with Crippen LogP contribution in [0.5, 0.6) is 0 Å². The van der Waals surface area contributed by atoms with Crippen molar-refractivity contribution in [2.24, 2.45) is 0 Å². The molecular weight excluding hydrogens is 372 g/mol. The lowest BCUT2D eigenvalue weighted by Gasteiger charge is -2.08. The average Bonchev–Trinajstić information content (AvgIpc) is 3.12. The highest BCUT2D eigenvalue weighted by Gasteiger charge is 2.25. The molecule has 9 heteroatoms. The zero-order valence-electron chi connectivity index (χ0n) is 16.1. The molecule has 2 rings (SSSR count). The summed E-state index contributed by atoms with van der Waals surface area (Å²) in [5.41, 5.74) is 1.68. The fraction of sp³-hybridized carbons (Fsp3) is 0.444. The lowest BCUT2D eigenvalue weighted by atomic mass is 10.1. The van der Waals surface area contributed by atoms with Crippen molar-refractivity contribution in [3.63, 3.8) is 0 Å². The van der Waals surface area contributed by atoms with Crippen LogP contribution in [0.4, 0.5) is 5.00 Å². The maximum Gasteiger partial charge on any atom is 0.344 e. The van der Waals surface area contributed by atoms with E-state index in [9.17, 15) is 14.4 Å². The van der Waals surface area contributed by atoms with Crippen LogP contribution >= 0.6 is 11.3 Å². The van der Waals surface area contributed by atoms with E-state index >= 15 is 0 Å². The number of rotatable bonds is 6. The number of hydrogen-bond acceptors (Lipinski definition) is 8. The van der Waals surface area contributed by atoms with Gasteiger partial charge in [0.1, 0.15) is 10.6 Å². The van der Waals surface area contributed by atoms with Crippen molar-refractivity contribution in [3.8, 4) is 0 Å². The molecule has 2 aromatic rings. The van der Waals surface area contributed by atoms with Crippen molar-refractivity contribution in [2.75, 3.05) is 19.0 Å². The number of nitrogens with zero attached hydrogens (tertiary/aromatic N) is 1. The molecule has 0 aliphatic carbocycles. The Morgan fingerprint density at radius 3 is 2.41 bits per heavy atom. The van der Waals surface area contributed by atoms with Gasteiger partial charge in [-0.15, -0.1) is 11.3 Å². The molecule has 0 saturated carbocycles. The third-order valence-corrected chi connectivity index (χ3v) is 5.10. The summed E-state index contributed by atoms with van der Waals surface area (Å²) in [7, 11) is 1.27. The van der Waals surface area contributed by atoms with Gasteiger partial charge in [-0.05, 0) is 26.3 Å². The van der Waals surface area contributed by atoms with Crippen LogP contribution in [-0.2, 0) is 14.3 Å². The predicted octanol–water partition coefficient (Wildman–Crippen LogP) is 3.37. The fourth-order valence-electron chi connectivity index (χ4n) is 2.46. The summed E-state index contributed by atoms with van der Waals surface area (Å²) < 4.78 is 15.0. The first-order valence-electron chi connectivity index (χ1n) is 8.28. The van der Waals surface area contributed by atoms with Crippen LogP contribution in [-0.4, -0.2) is 36.7 Å². The molecule has 0 saturated heterocycles. The van der Waals surface area contributed by atoms with Gasteiger partial charge in [0.2, 0.25) is 0 Å². The van der Waals surface area contributed by atoms with E-state index in [0.29, 0.717) is 22.0 Å². The van der Waals surface area contributed by atoms with Crippen molar-refractivity contribution in [1.29, 1.82) is 0 Å². The van der Waals surface area contributed by atoms with Crippen LogP contribution in [0.15, 0.2) is 4.52 Å². The number of hydrogen-bond donors (Lipinski definition) is 1. The number of aryl methyl sites for hydroxylation is 2. The number of nitrogens with one attached hydrogen (secondary N) is 1. The van der Waals surface area contributed by atoms with E-state index in [2.05, 4.69) is 10.5 Å². The number of esters is 2. The summed E-state index contributed by atoms with van der Waals surface area (Å²) in [6.45, 7) is 8.46. The SMILES string of the molecule is COC(=O)c1c(NC(=O)COC(=O)c2c(C)noc2C(C)C)sc(C)c1C. The number of anilines is 1. The molecule has 2 heterocycles. The van der Waals surface area contributed by atoms with Gasteiger partial charge in [-0.3, -0.25) is 4.79 Å². The normalized spacial score (nSPS) is 10.8. The summed E-state index contributed by atoms with van der Waals surface area (Å²) >= 11 is 1.26. The van der Waals surface area contributed by atoms with Gasteiger partial charge in [-0.2, -0.15) is 0 Å². The number of methoxy groups -OCH3 is 1. The first-order chi connectivity index (χ1) is 12.7. The first-order valence-corrected chi connectivity index (χ1v) is 9.10. The van der Waals surface area contributed by atoms with Crippen LogP contribution < -0.4 is 5.32 Å². The Kier molecular flexibility index (Phi) is 6.37. The largest absolute Gasteiger partial charge is 0.465 e. The minimum atomic E-state index is -0.681. The van der Waals surface area contributed by atoms with Crippen LogP contribution in [0.3, 0.4) is 0 Å². The summed E-state index contributed by atoms with van der Waals surface area (Å²) in [6, 6.07) is 0. The van der Waals surface area contributed by atoms with E-state index in [1.54, 1.807) is 13.8 Å². The van der Waals surface area contributed by atoms with Crippen LogP contribution in [0.25, 0.3) is 0 Å². The van der Waals surface area contributed by atoms with E-state index in [4.69, 9.17) is 14.0 Å². The van der Waals surface area contributed by atoms with Crippen LogP contribution in [0.2, 0.25) is 0 Å². The number of amides is 1. The molecule has 0 fully saturated rings. The van der Waals surface area contributed by atoms with Gasteiger partial charge in [0.05, 0.1) is 18.4 Å². The molecule has 0 atom stereocenters. The molecule has 0 aromatic carbocycles. The molecule has 146 valence electrons. The van der Waals surface area contributed by atoms with E-state index < -0.39 is 24.5 Å². The van der Waals surface area contributed by atoms with Gasteiger partial charge in [-0.25, -0.2) is 9.59 Å². The Balaban J connectivity index is 2.08. The van der Waals surface area contributed by atoms with Crippen LogP contribution in [0.1, 0.15) is 62.4 Å². The highest BCUT2D eigenvalue weighted by Crippen LogP contribution is 2.33. The monoisotopic (exact) mass is 394 g/mol. The second-order valence-corrected chi connectivity index (χ2v) is 7.49. The highest BCUT2D eigenvalue weighted by atomic mass is 32.1. The number of carbonyl (C=O) groups is 3. The van der Waals surface area contributed by atoms with Gasteiger partial charge in [0.25, 0.3) is 5.91 Å². The zero-order valence-corrected chi connectivity index (χ0v) is 16.9. The van der Waals surface area contributed by atoms with Gasteiger partial charge in [-0.1, -0.05) is 19.0 Å². The number of aromatic nitrogens is 1. The van der Waals surface area contributed by atoms with Gasteiger partial charge in [0, 0.05) is 10.8 Å². The molecule has 0 aliphatic heterocycles. The van der Waals surface area contributed by atoms with Gasteiger partial charge in [0.15, 0.2) is 12.4 Å². The quantitative estimate of drug-likeness (QED) is 0.748. The van der Waals surface area contributed by atoms with Crippen molar-refractivity contribution < 1.29 is 28.4 Å². The Bertz CT molecular complexity index is 881. The third-order valence-electron chi connectivity index (χ3n) is 3.98. The predicted molar refractivity (Wildman–Crippen MR) is 99.4 cm³/mol. The zero-order chi connectivity index (χ0) is 20.3. The van der Waals surface area contributed by atoms with Gasteiger partial charge < -0.3 is 19.3 Å². The first kappa shape index (κ1) is 20.6. The summed E-state index contributed by atoms with van der Waals surface area (Å²) in [5, 5.41) is 6.75. The lowest BCUT2D eigenvalue weighted by molar-refractivity contribution is -0.119. The van der Waals surface area contributed by atoms with E-state index in [1.165, 1.54) is 18.4 Å². The average molecular weight is 394 g/mol. The summed E-state index contributed by atoms with van der Waals surface area (Å²) in [6.07, 6.45) is 0. The third kappa shape index (κ3) is 4.36. The standard InChI is InChI=1S/C18H22N2O6S/c1-8(2)15-14(10(4)20-26-15)18(23)25-7-12(21)19-16-13(17(22)24-6)9(3)11(5)27-16/h8H,7H2,1-6H3,(H,19,21). The smallest absolute Gasteiger partial charge is 0.344 e. The molecule has 1 N–H and O–H groups in total. The van der Waals surface area contributed by atoms with Crippen LogP contribution in [0, 0.1) is 20.8 Å². The molecule has 0 unspecified atom stereocenters. The Labute approximate surface area is 160 Å². The number of ether oxygens (including phenoxy) is 2. The molecule has 8 nitrogen and oxygen atoms in total. The fourth-order valence-corrected chi connectivity index (χ4v) is 3.52. The highest BCUT2D eigenvalue weighted by molar-refractivity contribution is 7.16. The van der Waals surface area contributed by atoms with Crippen molar-refractivity contribution in [1.82, 2.24) is 5.16 Å². The van der Waals surface area contributed by atoms with E-state index in [0.717, 1.165) is 10.4 Å². The summed E-state index contributed by atoms with van der Waals surface area (Å²) in [5.74, 6) is -1.42. The van der Waals surface area contributed by atoms with Crippen molar-refractivity contribution in [3.05, 3.63) is 33.0 Å². The molecule has 27 heavy (non-hydrogen) atoms. The number of carbonyl (C=O) groups excluding carboxylic acids is 3. The molecule has 2 aromatic heterocycles. The minimum absolute atomic E-state index is 0.0535. The lowest BCUT2D eigenvalue weighted by Crippen LogP contribution is -2.22. The van der Waals surface area contributed by atoms with E-state index in [-0.39, 0.29) is 11.5 Å². The molecular formula is C18H22N2O6S. The maximum atomic E-state index is 12.3. The molecule has 0 radical (unpaired) electrons. The Morgan fingerprint density at radius 2 is 1.81 bits per heavy atom. The molecule has 0 spiro atoms. The second-order valence-electron chi connectivity index (χ2n) is 6.27. The van der Waals surface area contributed by atoms with Gasteiger partial charge >= 0.3 is 11.9 Å². The minimum Gasteiger partial charge on any atom is -0.465 e. The summed E-state index contributed by atoms with van der Waals surface area (Å²) in [4.78, 5) is 37.3. The topological polar surface area (TPSA) is 108 Å². The van der Waals surface area contributed by atoms with Crippen molar-refractivity contribution >= 4 is 34.2 Å². The van der Waals surface area contributed by atoms with Crippen molar-refractivity contribution in [2.45, 2.75) is 40.5 Å². The Hall–Kier alpha value is -2.68. The maximum absolute atomic E-state index is 12.3. The Morgan fingerprint density at radius 1 is 1.15 bits per heavy atom. The molecule has 1 amide bonds. The van der Waals surface area contributed by atoms with E-state index in [1.807, 2.05) is 20.8 Å². The molecule has 0 bridgehead atoms. The second kappa shape index (κ2) is 8.34. The number of thiophene rings is 1. The molecule has 0 aliphatic rings.